The Morgan fingerprint density at radius 3 is 2.80 bits per heavy atom. The van der Waals surface area contributed by atoms with Gasteiger partial charge in [0.15, 0.2) is 5.96 Å². The number of nitrogens with zero attached hydrogens (tertiary/aromatic N) is 2. The molecule has 1 aliphatic heterocycles. The van der Waals surface area contributed by atoms with Crippen LogP contribution in [0, 0.1) is 0 Å². The molecule has 0 unspecified atom stereocenters. The third-order valence-electron chi connectivity index (χ3n) is 3.51. The van der Waals surface area contributed by atoms with Gasteiger partial charge in [0, 0.05) is 18.4 Å². The third kappa shape index (κ3) is 2.03. The van der Waals surface area contributed by atoms with Crippen LogP contribution < -0.4 is 22.1 Å². The van der Waals surface area contributed by atoms with Crippen molar-refractivity contribution in [2.75, 3.05) is 17.7 Å². The highest BCUT2D eigenvalue weighted by Gasteiger charge is 2.22. The molecule has 0 aromatic heterocycles. The molecule has 0 bridgehead atoms. The summed E-state index contributed by atoms with van der Waals surface area (Å²) in [7, 11) is 2.02. The smallest absolute Gasteiger partial charge is 0.191 e. The van der Waals surface area contributed by atoms with E-state index in [-0.39, 0.29) is 5.96 Å². The predicted molar refractivity (Wildman–Crippen MR) is 83.8 cm³/mol. The SMILES string of the molecule is CN1C2=CC(N=C(N)N)=CCC2=Cc2ccc(N)cc21. The zero-order valence-electron chi connectivity index (χ0n) is 11.3. The van der Waals surface area contributed by atoms with E-state index < -0.39 is 0 Å². The molecule has 0 radical (unpaired) electrons. The largest absolute Gasteiger partial charge is 0.399 e. The maximum absolute atomic E-state index is 5.87. The molecule has 1 aliphatic carbocycles. The minimum atomic E-state index is 0.0728. The van der Waals surface area contributed by atoms with E-state index >= 15 is 0 Å². The molecule has 0 saturated carbocycles. The summed E-state index contributed by atoms with van der Waals surface area (Å²) in [4.78, 5) is 6.24. The molecule has 0 spiro atoms. The fourth-order valence-electron chi connectivity index (χ4n) is 2.57. The Kier molecular flexibility index (Phi) is 2.75. The van der Waals surface area contributed by atoms with Crippen molar-refractivity contribution < 1.29 is 0 Å². The zero-order chi connectivity index (χ0) is 14.3. The molecule has 5 heteroatoms. The molecule has 0 saturated heterocycles. The summed E-state index contributed by atoms with van der Waals surface area (Å²) in [6.45, 7) is 0. The van der Waals surface area contributed by atoms with Gasteiger partial charge in [0.05, 0.1) is 11.4 Å². The summed E-state index contributed by atoms with van der Waals surface area (Å²) in [6, 6.07) is 5.93. The number of allylic oxidation sites excluding steroid dienone is 3. The number of fused-ring (bicyclic) bond motifs is 2. The lowest BCUT2D eigenvalue weighted by atomic mass is 9.93. The highest BCUT2D eigenvalue weighted by atomic mass is 15.1. The monoisotopic (exact) mass is 267 g/mol. The first-order valence-electron chi connectivity index (χ1n) is 6.40. The van der Waals surface area contributed by atoms with Crippen LogP contribution in [0.2, 0.25) is 0 Å². The lowest BCUT2D eigenvalue weighted by Crippen LogP contribution is -2.25. The second-order valence-corrected chi connectivity index (χ2v) is 4.95. The Balaban J connectivity index is 2.07. The van der Waals surface area contributed by atoms with Crippen molar-refractivity contribution in [3.8, 4) is 0 Å². The molecule has 102 valence electrons. The minimum absolute atomic E-state index is 0.0728. The van der Waals surface area contributed by atoms with E-state index in [0.717, 1.165) is 29.2 Å². The van der Waals surface area contributed by atoms with Gasteiger partial charge in [-0.25, -0.2) is 4.99 Å². The van der Waals surface area contributed by atoms with E-state index in [1.165, 1.54) is 11.1 Å². The van der Waals surface area contributed by atoms with Gasteiger partial charge in [-0.15, -0.1) is 0 Å². The van der Waals surface area contributed by atoms with Gasteiger partial charge in [-0.1, -0.05) is 12.1 Å². The van der Waals surface area contributed by atoms with Crippen LogP contribution in [0.4, 0.5) is 11.4 Å². The Morgan fingerprint density at radius 1 is 1.25 bits per heavy atom. The van der Waals surface area contributed by atoms with E-state index in [9.17, 15) is 0 Å². The first-order chi connectivity index (χ1) is 9.54. The van der Waals surface area contributed by atoms with E-state index in [0.29, 0.717) is 0 Å². The van der Waals surface area contributed by atoms with Crippen molar-refractivity contribution in [3.05, 3.63) is 52.9 Å². The van der Waals surface area contributed by atoms with Crippen LogP contribution in [0.15, 0.2) is 52.3 Å². The fraction of sp³-hybridized carbons (Fsp3) is 0.133. The van der Waals surface area contributed by atoms with Crippen molar-refractivity contribution in [2.24, 2.45) is 16.5 Å². The maximum atomic E-state index is 5.87. The van der Waals surface area contributed by atoms with E-state index in [2.05, 4.69) is 16.0 Å². The Hall–Kier alpha value is -2.69. The quantitative estimate of drug-likeness (QED) is 0.409. The topological polar surface area (TPSA) is 93.7 Å². The summed E-state index contributed by atoms with van der Waals surface area (Å²) in [6.07, 6.45) is 7.00. The second-order valence-electron chi connectivity index (χ2n) is 4.95. The maximum Gasteiger partial charge on any atom is 0.191 e. The van der Waals surface area contributed by atoms with Gasteiger partial charge in [-0.05, 0) is 41.8 Å². The van der Waals surface area contributed by atoms with Crippen LogP contribution in [-0.4, -0.2) is 13.0 Å². The lowest BCUT2D eigenvalue weighted by Gasteiger charge is -2.32. The van der Waals surface area contributed by atoms with Gasteiger partial charge in [-0.3, -0.25) is 0 Å². The summed E-state index contributed by atoms with van der Waals surface area (Å²) in [5.41, 5.74) is 22.9. The number of likely N-dealkylation sites (N-methyl/N-ethyl adjacent to an activating group) is 1. The average molecular weight is 267 g/mol. The number of guanidine groups is 1. The molecule has 0 fully saturated rings. The van der Waals surface area contributed by atoms with Gasteiger partial charge in [0.25, 0.3) is 0 Å². The number of nitrogen functional groups attached to an aromatic ring is 1. The van der Waals surface area contributed by atoms with E-state index in [1.807, 2.05) is 37.4 Å². The highest BCUT2D eigenvalue weighted by molar-refractivity contribution is 5.83. The molecule has 0 atom stereocenters. The molecule has 1 heterocycles. The van der Waals surface area contributed by atoms with Crippen molar-refractivity contribution in [1.29, 1.82) is 0 Å². The van der Waals surface area contributed by atoms with Crippen molar-refractivity contribution >= 4 is 23.4 Å². The van der Waals surface area contributed by atoms with Gasteiger partial charge >= 0.3 is 0 Å². The third-order valence-corrected chi connectivity index (χ3v) is 3.51. The van der Waals surface area contributed by atoms with E-state index in [4.69, 9.17) is 17.2 Å². The molecule has 1 aromatic carbocycles. The van der Waals surface area contributed by atoms with Crippen LogP contribution in [0.5, 0.6) is 0 Å². The average Bonchev–Trinajstić information content (AvgIpc) is 2.40. The summed E-state index contributed by atoms with van der Waals surface area (Å²) in [5.74, 6) is 0.0728. The Morgan fingerprint density at radius 2 is 2.05 bits per heavy atom. The van der Waals surface area contributed by atoms with Crippen LogP contribution in [0.1, 0.15) is 12.0 Å². The molecule has 2 aliphatic rings. The van der Waals surface area contributed by atoms with Gasteiger partial charge in [-0.2, -0.15) is 0 Å². The molecule has 0 amide bonds. The van der Waals surface area contributed by atoms with Crippen LogP contribution >= 0.6 is 0 Å². The number of hydrogen-bond donors (Lipinski definition) is 3. The van der Waals surface area contributed by atoms with E-state index in [1.54, 1.807) is 0 Å². The van der Waals surface area contributed by atoms with Gasteiger partial charge < -0.3 is 22.1 Å². The van der Waals surface area contributed by atoms with Crippen LogP contribution in [0.3, 0.4) is 0 Å². The minimum Gasteiger partial charge on any atom is -0.399 e. The fourth-order valence-corrected chi connectivity index (χ4v) is 2.57. The van der Waals surface area contributed by atoms with Gasteiger partial charge in [0.2, 0.25) is 0 Å². The number of aliphatic imine (C=N–C) groups is 1. The van der Waals surface area contributed by atoms with Crippen LogP contribution in [0.25, 0.3) is 6.08 Å². The Bertz CT molecular complexity index is 690. The number of anilines is 2. The standard InChI is InChI=1S/C15H17N5/c1-20-13-7-11(16)4-2-9(13)6-10-3-5-12(8-14(10)20)19-15(17)18/h2,4-8H,3,16H2,1H3,(H4,17,18,19). The number of hydrogen-bond acceptors (Lipinski definition) is 3. The zero-order valence-corrected chi connectivity index (χ0v) is 11.3. The lowest BCUT2D eigenvalue weighted by molar-refractivity contribution is 1.02. The number of benzene rings is 1. The van der Waals surface area contributed by atoms with Gasteiger partial charge in [0.1, 0.15) is 0 Å². The summed E-state index contributed by atoms with van der Waals surface area (Å²) < 4.78 is 0. The number of nitrogens with two attached hydrogens (primary N) is 3. The molecular formula is C15H17N5. The Labute approximate surface area is 117 Å². The van der Waals surface area contributed by atoms with Crippen molar-refractivity contribution in [1.82, 2.24) is 0 Å². The molecular weight excluding hydrogens is 250 g/mol. The summed E-state index contributed by atoms with van der Waals surface area (Å²) >= 11 is 0. The van der Waals surface area contributed by atoms with Crippen molar-refractivity contribution in [3.63, 3.8) is 0 Å². The molecule has 6 N–H and O–H groups in total. The molecule has 5 nitrogen and oxygen atoms in total. The second kappa shape index (κ2) is 4.45. The molecule has 20 heavy (non-hydrogen) atoms. The molecule has 1 aromatic rings. The highest BCUT2D eigenvalue weighted by Crippen LogP contribution is 2.38. The first-order valence-corrected chi connectivity index (χ1v) is 6.40. The normalized spacial score (nSPS) is 16.4. The van der Waals surface area contributed by atoms with Crippen molar-refractivity contribution in [2.45, 2.75) is 6.42 Å². The number of rotatable bonds is 1. The van der Waals surface area contributed by atoms with Crippen LogP contribution in [-0.2, 0) is 0 Å². The summed E-state index contributed by atoms with van der Waals surface area (Å²) in [5, 5.41) is 0. The predicted octanol–water partition coefficient (Wildman–Crippen LogP) is 1.55. The molecule has 3 rings (SSSR count). The first kappa shape index (κ1) is 12.3.